The first kappa shape index (κ1) is 16.9. The van der Waals surface area contributed by atoms with Gasteiger partial charge in [0.15, 0.2) is 11.2 Å². The van der Waals surface area contributed by atoms with Gasteiger partial charge >= 0.3 is 5.69 Å². The molecule has 8 nitrogen and oxygen atoms in total. The highest BCUT2D eigenvalue weighted by molar-refractivity contribution is 9.10. The standard InChI is InChI=1S/C16H15BrN6O2/c1-3-8-23-12-13(22(2)16(25)20-14(12)24)19-15(23)21-18-9-10-4-6-11(17)7-5-10/h3-7,9H,1,8H2,2H3,(H,19,21)(H,20,24,25)/b18-9+. The number of halogens is 1. The van der Waals surface area contributed by atoms with Gasteiger partial charge in [0, 0.05) is 18.1 Å². The number of fused-ring (bicyclic) bond motifs is 1. The van der Waals surface area contributed by atoms with Crippen LogP contribution < -0.4 is 16.7 Å². The summed E-state index contributed by atoms with van der Waals surface area (Å²) >= 11 is 3.37. The number of rotatable bonds is 5. The zero-order chi connectivity index (χ0) is 18.0. The maximum absolute atomic E-state index is 12.2. The Labute approximate surface area is 150 Å². The Morgan fingerprint density at radius 2 is 2.08 bits per heavy atom. The average molecular weight is 403 g/mol. The van der Waals surface area contributed by atoms with Crippen molar-refractivity contribution < 1.29 is 0 Å². The molecule has 3 aromatic rings. The lowest BCUT2D eigenvalue weighted by Gasteiger charge is -2.04. The van der Waals surface area contributed by atoms with E-state index in [1.165, 1.54) is 4.57 Å². The SMILES string of the molecule is C=CCn1c(N/N=C/c2ccc(Br)cc2)nc2c1c(=O)[nH]c(=O)n2C. The topological polar surface area (TPSA) is 97.1 Å². The van der Waals surface area contributed by atoms with Gasteiger partial charge in [-0.2, -0.15) is 10.1 Å². The molecule has 0 unspecified atom stereocenters. The van der Waals surface area contributed by atoms with E-state index in [9.17, 15) is 9.59 Å². The molecular weight excluding hydrogens is 388 g/mol. The molecule has 0 aliphatic heterocycles. The van der Waals surface area contributed by atoms with E-state index >= 15 is 0 Å². The zero-order valence-corrected chi connectivity index (χ0v) is 14.9. The van der Waals surface area contributed by atoms with Gasteiger partial charge in [0.05, 0.1) is 6.21 Å². The first-order valence-corrected chi connectivity index (χ1v) is 8.15. The zero-order valence-electron chi connectivity index (χ0n) is 13.4. The molecule has 128 valence electrons. The van der Waals surface area contributed by atoms with Crippen molar-refractivity contribution in [1.82, 2.24) is 19.1 Å². The number of aromatic amines is 1. The van der Waals surface area contributed by atoms with E-state index in [1.807, 2.05) is 24.3 Å². The normalized spacial score (nSPS) is 11.3. The Bertz CT molecular complexity index is 1070. The van der Waals surface area contributed by atoms with E-state index in [1.54, 1.807) is 23.9 Å². The minimum atomic E-state index is -0.523. The molecular formula is C16H15BrN6O2. The van der Waals surface area contributed by atoms with Crippen molar-refractivity contribution in [2.24, 2.45) is 12.1 Å². The summed E-state index contributed by atoms with van der Waals surface area (Å²) in [5, 5.41) is 4.15. The van der Waals surface area contributed by atoms with Gasteiger partial charge in [-0.05, 0) is 17.7 Å². The van der Waals surface area contributed by atoms with Crippen LogP contribution in [0.1, 0.15) is 5.56 Å². The van der Waals surface area contributed by atoms with Gasteiger partial charge in [0.2, 0.25) is 5.95 Å². The lowest BCUT2D eigenvalue weighted by atomic mass is 10.2. The largest absolute Gasteiger partial charge is 0.329 e. The number of H-pyrrole nitrogens is 1. The molecule has 0 fully saturated rings. The Balaban J connectivity index is 2.02. The Morgan fingerprint density at radius 3 is 2.76 bits per heavy atom. The van der Waals surface area contributed by atoms with E-state index < -0.39 is 11.2 Å². The number of imidazole rings is 1. The van der Waals surface area contributed by atoms with Gasteiger partial charge in [-0.15, -0.1) is 6.58 Å². The van der Waals surface area contributed by atoms with E-state index in [0.29, 0.717) is 12.5 Å². The molecule has 1 aromatic carbocycles. The summed E-state index contributed by atoms with van der Waals surface area (Å²) in [5.74, 6) is 0.343. The minimum absolute atomic E-state index is 0.275. The van der Waals surface area contributed by atoms with E-state index in [4.69, 9.17) is 0 Å². The summed E-state index contributed by atoms with van der Waals surface area (Å²) in [5.41, 5.74) is 3.24. The quantitative estimate of drug-likeness (QED) is 0.386. The van der Waals surface area contributed by atoms with Crippen LogP contribution in [0.2, 0.25) is 0 Å². The number of aryl methyl sites for hydroxylation is 1. The molecule has 0 atom stereocenters. The maximum Gasteiger partial charge on any atom is 0.329 e. The van der Waals surface area contributed by atoms with Crippen LogP contribution in [-0.2, 0) is 13.6 Å². The third kappa shape index (κ3) is 3.31. The van der Waals surface area contributed by atoms with E-state index in [2.05, 4.69) is 43.0 Å². The van der Waals surface area contributed by atoms with E-state index in [-0.39, 0.29) is 11.2 Å². The molecule has 0 aliphatic rings. The smallest absolute Gasteiger partial charge is 0.299 e. The van der Waals surface area contributed by atoms with Crippen molar-refractivity contribution in [3.63, 3.8) is 0 Å². The number of hydrogen-bond donors (Lipinski definition) is 2. The molecule has 2 N–H and O–H groups in total. The third-order valence-electron chi connectivity index (χ3n) is 3.57. The van der Waals surface area contributed by atoms with Crippen molar-refractivity contribution in [2.75, 3.05) is 5.43 Å². The second kappa shape index (κ2) is 6.89. The molecule has 0 saturated carbocycles. The highest BCUT2D eigenvalue weighted by Crippen LogP contribution is 2.15. The first-order valence-electron chi connectivity index (χ1n) is 7.36. The lowest BCUT2D eigenvalue weighted by Crippen LogP contribution is -2.29. The molecule has 0 radical (unpaired) electrons. The molecule has 2 heterocycles. The number of aromatic nitrogens is 4. The number of nitrogens with zero attached hydrogens (tertiary/aromatic N) is 4. The second-order valence-electron chi connectivity index (χ2n) is 5.25. The fraction of sp³-hybridized carbons (Fsp3) is 0.125. The molecule has 9 heteroatoms. The molecule has 0 aliphatic carbocycles. The highest BCUT2D eigenvalue weighted by Gasteiger charge is 2.16. The fourth-order valence-electron chi connectivity index (χ4n) is 2.34. The van der Waals surface area contributed by atoms with Crippen LogP contribution in [0, 0.1) is 0 Å². The van der Waals surface area contributed by atoms with Gasteiger partial charge in [0.1, 0.15) is 0 Å². The van der Waals surface area contributed by atoms with Crippen molar-refractivity contribution in [2.45, 2.75) is 6.54 Å². The maximum atomic E-state index is 12.2. The summed E-state index contributed by atoms with van der Waals surface area (Å²) in [6, 6.07) is 7.61. The van der Waals surface area contributed by atoms with E-state index in [0.717, 1.165) is 10.0 Å². The van der Waals surface area contributed by atoms with Gasteiger partial charge < -0.3 is 0 Å². The molecule has 0 bridgehead atoms. The summed E-state index contributed by atoms with van der Waals surface area (Å²) in [4.78, 5) is 30.5. The predicted octanol–water partition coefficient (Wildman–Crippen LogP) is 1.82. The predicted molar refractivity (Wildman–Crippen MR) is 101 cm³/mol. The van der Waals surface area contributed by atoms with Crippen LogP contribution in [0.25, 0.3) is 11.2 Å². The van der Waals surface area contributed by atoms with Crippen LogP contribution >= 0.6 is 15.9 Å². The fourth-order valence-corrected chi connectivity index (χ4v) is 2.60. The monoisotopic (exact) mass is 402 g/mol. The van der Waals surface area contributed by atoms with Crippen LogP contribution in [0.15, 0.2) is 56.1 Å². The summed E-state index contributed by atoms with van der Waals surface area (Å²) in [6.45, 7) is 4.03. The Kier molecular flexibility index (Phi) is 4.66. The molecule has 2 aromatic heterocycles. The van der Waals surface area contributed by atoms with Crippen molar-refractivity contribution in [3.8, 4) is 0 Å². The molecule has 0 amide bonds. The van der Waals surface area contributed by atoms with Crippen LogP contribution in [0.5, 0.6) is 0 Å². The first-order chi connectivity index (χ1) is 12.0. The summed E-state index contributed by atoms with van der Waals surface area (Å²) in [6.07, 6.45) is 3.27. The Hall–Kier alpha value is -2.94. The van der Waals surface area contributed by atoms with Gasteiger partial charge in [-0.25, -0.2) is 10.2 Å². The van der Waals surface area contributed by atoms with Gasteiger partial charge in [-0.1, -0.05) is 34.1 Å². The third-order valence-corrected chi connectivity index (χ3v) is 4.10. The number of allylic oxidation sites excluding steroid dienone is 1. The molecule has 3 rings (SSSR count). The summed E-state index contributed by atoms with van der Waals surface area (Å²) < 4.78 is 3.87. The number of anilines is 1. The van der Waals surface area contributed by atoms with Crippen LogP contribution in [0.4, 0.5) is 5.95 Å². The number of benzene rings is 1. The number of hydrazone groups is 1. The second-order valence-corrected chi connectivity index (χ2v) is 6.16. The molecule has 25 heavy (non-hydrogen) atoms. The van der Waals surface area contributed by atoms with Crippen molar-refractivity contribution in [3.05, 3.63) is 67.8 Å². The minimum Gasteiger partial charge on any atom is -0.299 e. The number of nitrogens with one attached hydrogen (secondary N) is 2. The van der Waals surface area contributed by atoms with Crippen LogP contribution in [-0.4, -0.2) is 25.3 Å². The van der Waals surface area contributed by atoms with Crippen molar-refractivity contribution in [1.29, 1.82) is 0 Å². The highest BCUT2D eigenvalue weighted by atomic mass is 79.9. The Morgan fingerprint density at radius 1 is 1.36 bits per heavy atom. The molecule has 0 spiro atoms. The van der Waals surface area contributed by atoms with Gasteiger partial charge in [0.25, 0.3) is 5.56 Å². The lowest BCUT2D eigenvalue weighted by molar-refractivity contribution is 0.819. The number of hydrogen-bond acceptors (Lipinski definition) is 5. The molecule has 0 saturated heterocycles. The average Bonchev–Trinajstić information content (AvgIpc) is 2.94. The van der Waals surface area contributed by atoms with Crippen molar-refractivity contribution >= 4 is 39.3 Å². The summed E-state index contributed by atoms with van der Waals surface area (Å²) in [7, 11) is 1.54. The van der Waals surface area contributed by atoms with Crippen LogP contribution in [0.3, 0.4) is 0 Å². The van der Waals surface area contributed by atoms with Gasteiger partial charge in [-0.3, -0.25) is 18.9 Å².